The molecular weight excluding hydrogens is 108 g/mol. The summed E-state index contributed by atoms with van der Waals surface area (Å²) in [5.41, 5.74) is 2.05. The van der Waals surface area contributed by atoms with Crippen LogP contribution in [0.15, 0.2) is 11.6 Å². The Bertz CT molecular complexity index is 140. The van der Waals surface area contributed by atoms with E-state index in [9.17, 15) is 0 Å². The third kappa shape index (κ3) is 1.35. The lowest BCUT2D eigenvalue weighted by Crippen LogP contribution is -2.03. The summed E-state index contributed by atoms with van der Waals surface area (Å²) in [6.45, 7) is 9.15. The zero-order valence-corrected chi connectivity index (χ0v) is 6.86. The maximum absolute atomic E-state index is 2.40. The van der Waals surface area contributed by atoms with Crippen molar-refractivity contribution >= 4 is 0 Å². The van der Waals surface area contributed by atoms with E-state index in [1.807, 2.05) is 0 Å². The second-order valence-corrected chi connectivity index (χ2v) is 3.98. The Morgan fingerprint density at radius 1 is 1.56 bits per heavy atom. The first kappa shape index (κ1) is 6.85. The molecule has 0 aliphatic heterocycles. The third-order valence-electron chi connectivity index (χ3n) is 2.23. The molecule has 0 saturated carbocycles. The first-order chi connectivity index (χ1) is 4.01. The van der Waals surface area contributed by atoms with E-state index in [-0.39, 0.29) is 0 Å². The Morgan fingerprint density at radius 3 is 2.22 bits per heavy atom. The highest BCUT2D eigenvalue weighted by Gasteiger charge is 2.25. The Kier molecular flexibility index (Phi) is 1.42. The van der Waals surface area contributed by atoms with Crippen LogP contribution in [0.3, 0.4) is 0 Å². The van der Waals surface area contributed by atoms with Gasteiger partial charge in [0.15, 0.2) is 0 Å². The van der Waals surface area contributed by atoms with Crippen molar-refractivity contribution < 1.29 is 0 Å². The molecule has 0 aromatic rings. The van der Waals surface area contributed by atoms with E-state index in [4.69, 9.17) is 0 Å². The molecule has 0 radical (unpaired) electrons. The minimum Gasteiger partial charge on any atom is -0.0796 e. The molecule has 9 heavy (non-hydrogen) atoms. The van der Waals surface area contributed by atoms with Gasteiger partial charge in [0.2, 0.25) is 0 Å². The third-order valence-corrected chi connectivity index (χ3v) is 2.23. The van der Waals surface area contributed by atoms with Gasteiger partial charge in [0.05, 0.1) is 0 Å². The fourth-order valence-corrected chi connectivity index (χ4v) is 1.77. The molecule has 0 heterocycles. The van der Waals surface area contributed by atoms with Gasteiger partial charge in [0, 0.05) is 0 Å². The lowest BCUT2D eigenvalue weighted by molar-refractivity contribution is 0.420. The van der Waals surface area contributed by atoms with Gasteiger partial charge < -0.3 is 0 Å². The van der Waals surface area contributed by atoms with E-state index < -0.39 is 0 Å². The maximum Gasteiger partial charge on any atom is -0.0167 e. The van der Waals surface area contributed by atoms with Crippen molar-refractivity contribution in [1.82, 2.24) is 0 Å². The highest BCUT2D eigenvalue weighted by Crippen LogP contribution is 2.38. The van der Waals surface area contributed by atoms with Crippen LogP contribution in [0, 0.1) is 11.3 Å². The summed E-state index contributed by atoms with van der Waals surface area (Å²) >= 11 is 0. The Labute approximate surface area is 58.0 Å². The topological polar surface area (TPSA) is 0 Å². The van der Waals surface area contributed by atoms with Crippen LogP contribution >= 0.6 is 0 Å². The van der Waals surface area contributed by atoms with Crippen molar-refractivity contribution in [2.24, 2.45) is 11.3 Å². The van der Waals surface area contributed by atoms with E-state index in [0.29, 0.717) is 5.41 Å². The molecule has 0 aromatic heterocycles. The van der Waals surface area contributed by atoms with Gasteiger partial charge in [0.25, 0.3) is 0 Å². The molecule has 0 heteroatoms. The van der Waals surface area contributed by atoms with Crippen LogP contribution in [0.2, 0.25) is 0 Å². The second-order valence-electron chi connectivity index (χ2n) is 3.98. The van der Waals surface area contributed by atoms with E-state index in [0.717, 1.165) is 5.92 Å². The van der Waals surface area contributed by atoms with Crippen molar-refractivity contribution in [3.05, 3.63) is 11.6 Å². The quantitative estimate of drug-likeness (QED) is 0.435. The largest absolute Gasteiger partial charge is 0.0796 e. The van der Waals surface area contributed by atoms with Crippen LogP contribution in [-0.4, -0.2) is 0 Å². The minimum atomic E-state index is 0.476. The van der Waals surface area contributed by atoms with Crippen LogP contribution in [0.4, 0.5) is 0 Å². The molecule has 0 saturated heterocycles. The number of hydrogen-bond donors (Lipinski definition) is 0. The fraction of sp³-hybridized carbons (Fsp3) is 0.778. The van der Waals surface area contributed by atoms with Crippen molar-refractivity contribution in [2.75, 3.05) is 0 Å². The normalized spacial score (nSPS) is 32.4. The molecule has 1 atom stereocenters. The number of rotatable bonds is 0. The van der Waals surface area contributed by atoms with Crippen LogP contribution < -0.4 is 0 Å². The summed E-state index contributed by atoms with van der Waals surface area (Å²) in [6, 6.07) is 0. The molecule has 52 valence electrons. The van der Waals surface area contributed by atoms with Crippen LogP contribution in [0.25, 0.3) is 0 Å². The summed E-state index contributed by atoms with van der Waals surface area (Å²) in [5, 5.41) is 0. The monoisotopic (exact) mass is 124 g/mol. The van der Waals surface area contributed by atoms with E-state index in [1.54, 1.807) is 5.57 Å². The second kappa shape index (κ2) is 1.86. The van der Waals surface area contributed by atoms with Gasteiger partial charge >= 0.3 is 0 Å². The maximum atomic E-state index is 2.40. The predicted molar refractivity (Wildman–Crippen MR) is 41.3 cm³/mol. The van der Waals surface area contributed by atoms with E-state index in [2.05, 4.69) is 33.8 Å². The van der Waals surface area contributed by atoms with Gasteiger partial charge in [-0.1, -0.05) is 32.4 Å². The van der Waals surface area contributed by atoms with Gasteiger partial charge in [-0.05, 0) is 24.7 Å². The van der Waals surface area contributed by atoms with Crippen molar-refractivity contribution in [2.45, 2.75) is 34.1 Å². The minimum absolute atomic E-state index is 0.476. The molecule has 0 aromatic carbocycles. The van der Waals surface area contributed by atoms with Crippen LogP contribution in [0.1, 0.15) is 34.1 Å². The zero-order valence-electron chi connectivity index (χ0n) is 6.86. The zero-order chi connectivity index (χ0) is 7.07. The van der Waals surface area contributed by atoms with Gasteiger partial charge in [0.1, 0.15) is 0 Å². The molecule has 1 unspecified atom stereocenters. The smallest absolute Gasteiger partial charge is 0.0167 e. The van der Waals surface area contributed by atoms with Gasteiger partial charge in [-0.15, -0.1) is 0 Å². The first-order valence-electron chi connectivity index (χ1n) is 3.71. The molecule has 0 nitrogen and oxygen atoms in total. The molecule has 1 aliphatic rings. The summed E-state index contributed by atoms with van der Waals surface area (Å²) in [5.74, 6) is 0.819. The summed E-state index contributed by atoms with van der Waals surface area (Å²) in [7, 11) is 0. The molecule has 0 fully saturated rings. The van der Waals surface area contributed by atoms with Crippen LogP contribution in [0.5, 0.6) is 0 Å². The Hall–Kier alpha value is -0.260. The lowest BCUT2D eigenvalue weighted by Gasteiger charge is -2.14. The highest BCUT2D eigenvalue weighted by molar-refractivity contribution is 5.15. The molecule has 0 amide bonds. The molecule has 0 spiro atoms. The van der Waals surface area contributed by atoms with E-state index in [1.165, 1.54) is 6.42 Å². The summed E-state index contributed by atoms with van der Waals surface area (Å²) < 4.78 is 0. The number of hydrogen-bond acceptors (Lipinski definition) is 0. The fourth-order valence-electron chi connectivity index (χ4n) is 1.77. The Morgan fingerprint density at radius 2 is 2.11 bits per heavy atom. The number of allylic oxidation sites excluding steroid dienone is 2. The van der Waals surface area contributed by atoms with Crippen molar-refractivity contribution in [3.8, 4) is 0 Å². The molecular formula is C9H16. The van der Waals surface area contributed by atoms with Crippen molar-refractivity contribution in [3.63, 3.8) is 0 Å². The van der Waals surface area contributed by atoms with Gasteiger partial charge in [-0.25, -0.2) is 0 Å². The average Bonchev–Trinajstić information content (AvgIpc) is 1.79. The van der Waals surface area contributed by atoms with E-state index >= 15 is 0 Å². The highest BCUT2D eigenvalue weighted by atomic mass is 14.3. The SMILES string of the molecule is CC1=CC(C)(C)CC1C. The molecule has 1 rings (SSSR count). The lowest BCUT2D eigenvalue weighted by atomic mass is 9.91. The average molecular weight is 124 g/mol. The standard InChI is InChI=1S/C9H16/c1-7-5-9(3,4)6-8(7)2/h5,8H,6H2,1-4H3. The molecule has 0 bridgehead atoms. The Balaban J connectivity index is 2.74. The van der Waals surface area contributed by atoms with Crippen LogP contribution in [-0.2, 0) is 0 Å². The first-order valence-corrected chi connectivity index (χ1v) is 3.71. The summed E-state index contributed by atoms with van der Waals surface area (Å²) in [4.78, 5) is 0. The predicted octanol–water partition coefficient (Wildman–Crippen LogP) is 3.00. The summed E-state index contributed by atoms with van der Waals surface area (Å²) in [6.07, 6.45) is 3.73. The molecule has 0 N–H and O–H groups in total. The van der Waals surface area contributed by atoms with Crippen molar-refractivity contribution in [1.29, 1.82) is 0 Å². The van der Waals surface area contributed by atoms with Gasteiger partial charge in [-0.3, -0.25) is 0 Å². The van der Waals surface area contributed by atoms with Gasteiger partial charge in [-0.2, -0.15) is 0 Å². The molecule has 1 aliphatic carbocycles.